The highest BCUT2D eigenvalue weighted by Crippen LogP contribution is 2.49. The molecule has 0 aromatic rings. The first kappa shape index (κ1) is 28.6. The lowest BCUT2D eigenvalue weighted by Crippen LogP contribution is -2.49. The summed E-state index contributed by atoms with van der Waals surface area (Å²) in [5.74, 6) is -2.17. The predicted molar refractivity (Wildman–Crippen MR) is 106 cm³/mol. The molecule has 0 radical (unpaired) electrons. The summed E-state index contributed by atoms with van der Waals surface area (Å²) in [7, 11) is 0. The zero-order chi connectivity index (χ0) is 25.2. The predicted octanol–water partition coefficient (Wildman–Crippen LogP) is 6.76. The summed E-state index contributed by atoms with van der Waals surface area (Å²) in [6.45, 7) is 11.4. The molecular formula is C22H34F6O4. The Morgan fingerprint density at radius 1 is 0.938 bits per heavy atom. The first-order valence-corrected chi connectivity index (χ1v) is 10.9. The Balaban J connectivity index is 3.13. The number of rotatable bonds is 9. The first-order chi connectivity index (χ1) is 14.3. The van der Waals surface area contributed by atoms with Crippen LogP contribution in [-0.4, -0.2) is 36.0 Å². The average molecular weight is 476 g/mol. The summed E-state index contributed by atoms with van der Waals surface area (Å²) >= 11 is 0. The third-order valence-electron chi connectivity index (χ3n) is 6.78. The van der Waals surface area contributed by atoms with Gasteiger partial charge in [0, 0.05) is 0 Å². The van der Waals surface area contributed by atoms with Gasteiger partial charge in [-0.3, -0.25) is 9.59 Å². The zero-order valence-corrected chi connectivity index (χ0v) is 19.5. The van der Waals surface area contributed by atoms with Crippen molar-refractivity contribution in [1.29, 1.82) is 0 Å². The number of halogens is 6. The molecule has 10 heteroatoms. The van der Waals surface area contributed by atoms with Gasteiger partial charge >= 0.3 is 24.3 Å². The molecule has 32 heavy (non-hydrogen) atoms. The number of esters is 2. The SMILES string of the molecule is CCC(C)(C)C(C)(CC(C)C)C(=O)OC1(CC(=O)OC(C(F)(F)F)C(F)(F)F)CCCC1. The van der Waals surface area contributed by atoms with Gasteiger partial charge in [-0.2, -0.15) is 26.3 Å². The Labute approximate surface area is 185 Å². The lowest BCUT2D eigenvalue weighted by Gasteiger charge is -2.45. The van der Waals surface area contributed by atoms with Gasteiger partial charge in [0.05, 0.1) is 11.8 Å². The van der Waals surface area contributed by atoms with E-state index in [-0.39, 0.29) is 18.8 Å². The lowest BCUT2D eigenvalue weighted by molar-refractivity contribution is -0.314. The molecule has 188 valence electrons. The van der Waals surface area contributed by atoms with Crippen LogP contribution < -0.4 is 0 Å². The van der Waals surface area contributed by atoms with Crippen LogP contribution in [-0.2, 0) is 19.1 Å². The van der Waals surface area contributed by atoms with Crippen molar-refractivity contribution in [2.45, 2.75) is 111 Å². The highest BCUT2D eigenvalue weighted by atomic mass is 19.4. The number of carbonyl (C=O) groups is 2. The highest BCUT2D eigenvalue weighted by molar-refractivity contribution is 5.79. The number of carbonyl (C=O) groups excluding carboxylic acids is 2. The molecule has 1 rings (SSSR count). The fraction of sp³-hybridized carbons (Fsp3) is 0.909. The minimum absolute atomic E-state index is 0.127. The van der Waals surface area contributed by atoms with Gasteiger partial charge in [0.1, 0.15) is 5.60 Å². The molecule has 1 unspecified atom stereocenters. The fourth-order valence-corrected chi connectivity index (χ4v) is 4.24. The van der Waals surface area contributed by atoms with Crippen molar-refractivity contribution in [3.8, 4) is 0 Å². The minimum Gasteiger partial charge on any atom is -0.458 e. The smallest absolute Gasteiger partial charge is 0.434 e. The maximum atomic E-state index is 13.4. The molecule has 1 atom stereocenters. The molecule has 1 aliphatic rings. The van der Waals surface area contributed by atoms with Crippen LogP contribution in [0.15, 0.2) is 0 Å². The molecule has 0 bridgehead atoms. The summed E-state index contributed by atoms with van der Waals surface area (Å²) < 4.78 is 86.1. The highest BCUT2D eigenvalue weighted by Gasteiger charge is 2.60. The second-order valence-corrected chi connectivity index (χ2v) is 10.1. The van der Waals surface area contributed by atoms with Gasteiger partial charge in [0.15, 0.2) is 0 Å². The molecule has 4 nitrogen and oxygen atoms in total. The maximum Gasteiger partial charge on any atom is 0.434 e. The van der Waals surface area contributed by atoms with E-state index in [9.17, 15) is 35.9 Å². The molecule has 0 heterocycles. The monoisotopic (exact) mass is 476 g/mol. The average Bonchev–Trinajstić information content (AvgIpc) is 3.04. The van der Waals surface area contributed by atoms with Crippen LogP contribution in [0, 0.1) is 16.7 Å². The summed E-state index contributed by atoms with van der Waals surface area (Å²) in [6.07, 6.45) is -14.2. The van der Waals surface area contributed by atoms with E-state index in [0.717, 1.165) is 0 Å². The zero-order valence-electron chi connectivity index (χ0n) is 19.5. The van der Waals surface area contributed by atoms with Crippen LogP contribution >= 0.6 is 0 Å². The van der Waals surface area contributed by atoms with Crippen molar-refractivity contribution < 1.29 is 45.4 Å². The minimum atomic E-state index is -5.80. The van der Waals surface area contributed by atoms with E-state index in [1.54, 1.807) is 6.92 Å². The van der Waals surface area contributed by atoms with Gasteiger partial charge in [0.2, 0.25) is 0 Å². The Morgan fingerprint density at radius 2 is 1.41 bits per heavy atom. The van der Waals surface area contributed by atoms with E-state index in [1.807, 2.05) is 34.6 Å². The van der Waals surface area contributed by atoms with E-state index in [4.69, 9.17) is 4.74 Å². The van der Waals surface area contributed by atoms with Crippen LogP contribution in [0.3, 0.4) is 0 Å². The molecule has 1 saturated carbocycles. The van der Waals surface area contributed by atoms with Gasteiger partial charge in [-0.1, -0.05) is 34.6 Å². The molecule has 0 aromatic heterocycles. The molecule has 0 aliphatic heterocycles. The third kappa shape index (κ3) is 6.76. The molecular weight excluding hydrogens is 442 g/mol. The standard InChI is InChI=1S/C22H34F6O4/c1-7-18(4,5)19(6,12-14(2)3)17(30)32-20(10-8-9-11-20)13-15(29)31-16(21(23,24)25)22(26,27)28/h14,16H,7-13H2,1-6H3. The second-order valence-electron chi connectivity index (χ2n) is 10.1. The van der Waals surface area contributed by atoms with Gasteiger partial charge in [-0.15, -0.1) is 0 Å². The number of alkyl halides is 6. The number of hydrogen-bond acceptors (Lipinski definition) is 4. The number of ether oxygens (including phenoxy) is 2. The van der Waals surface area contributed by atoms with Crippen molar-refractivity contribution in [3.63, 3.8) is 0 Å². The van der Waals surface area contributed by atoms with Crippen LogP contribution in [0.5, 0.6) is 0 Å². The quantitative estimate of drug-likeness (QED) is 0.273. The van der Waals surface area contributed by atoms with Crippen molar-refractivity contribution in [2.75, 3.05) is 0 Å². The van der Waals surface area contributed by atoms with E-state index >= 15 is 0 Å². The fourth-order valence-electron chi connectivity index (χ4n) is 4.24. The Bertz CT molecular complexity index is 648. The van der Waals surface area contributed by atoms with Crippen LogP contribution in [0.2, 0.25) is 0 Å². The Hall–Kier alpha value is -1.48. The lowest BCUT2D eigenvalue weighted by atomic mass is 9.61. The first-order valence-electron chi connectivity index (χ1n) is 10.9. The van der Waals surface area contributed by atoms with E-state index in [1.165, 1.54) is 0 Å². The molecule has 0 amide bonds. The molecule has 0 saturated heterocycles. The second kappa shape index (κ2) is 9.79. The van der Waals surface area contributed by atoms with Crippen molar-refractivity contribution >= 4 is 11.9 Å². The van der Waals surface area contributed by atoms with Crippen LogP contribution in [0.1, 0.15) is 86.5 Å². The largest absolute Gasteiger partial charge is 0.458 e. The van der Waals surface area contributed by atoms with Crippen molar-refractivity contribution in [1.82, 2.24) is 0 Å². The normalized spacial score (nSPS) is 19.2. The van der Waals surface area contributed by atoms with E-state index in [2.05, 4.69) is 4.74 Å². The number of hydrogen-bond donors (Lipinski definition) is 0. The van der Waals surface area contributed by atoms with Crippen molar-refractivity contribution in [3.05, 3.63) is 0 Å². The van der Waals surface area contributed by atoms with Gasteiger partial charge in [0.25, 0.3) is 6.10 Å². The van der Waals surface area contributed by atoms with Crippen LogP contribution in [0.4, 0.5) is 26.3 Å². The van der Waals surface area contributed by atoms with Crippen molar-refractivity contribution in [2.24, 2.45) is 16.7 Å². The molecule has 0 aromatic carbocycles. The summed E-state index contributed by atoms with van der Waals surface area (Å²) in [4.78, 5) is 25.5. The Morgan fingerprint density at radius 3 is 1.78 bits per heavy atom. The van der Waals surface area contributed by atoms with E-state index in [0.29, 0.717) is 25.7 Å². The van der Waals surface area contributed by atoms with E-state index < -0.39 is 53.2 Å². The molecule has 0 N–H and O–H groups in total. The summed E-state index contributed by atoms with van der Waals surface area (Å²) in [6, 6.07) is 0. The van der Waals surface area contributed by atoms with Gasteiger partial charge in [-0.05, 0) is 56.8 Å². The molecule has 1 aliphatic carbocycles. The van der Waals surface area contributed by atoms with Gasteiger partial charge < -0.3 is 9.47 Å². The summed E-state index contributed by atoms with van der Waals surface area (Å²) in [5, 5.41) is 0. The summed E-state index contributed by atoms with van der Waals surface area (Å²) in [5.41, 5.74) is -2.93. The third-order valence-corrected chi connectivity index (χ3v) is 6.78. The topological polar surface area (TPSA) is 52.6 Å². The molecule has 1 fully saturated rings. The molecule has 0 spiro atoms. The maximum absolute atomic E-state index is 13.4. The Kier molecular flexibility index (Phi) is 8.74. The van der Waals surface area contributed by atoms with Crippen LogP contribution in [0.25, 0.3) is 0 Å². The van der Waals surface area contributed by atoms with Gasteiger partial charge in [-0.25, -0.2) is 0 Å².